The van der Waals surface area contributed by atoms with Crippen LogP contribution in [-0.4, -0.2) is 52.7 Å². The van der Waals surface area contributed by atoms with Crippen LogP contribution < -0.4 is 5.32 Å². The van der Waals surface area contributed by atoms with Gasteiger partial charge in [-0.1, -0.05) is 6.58 Å². The van der Waals surface area contributed by atoms with E-state index in [4.69, 9.17) is 0 Å². The number of rotatable bonds is 3. The average Bonchev–Trinajstić information content (AvgIpc) is 2.70. The molecule has 0 saturated carbocycles. The standard InChI is InChI=1S/C11H20N4O/c1-5-13-8(4)14(6-2)10-9(13)12-11(16)15(10)7-3/h9-10H,4-7H2,1-3H3,(H,12,16). The predicted octanol–water partition coefficient (Wildman–Crippen LogP) is 0.812. The minimum Gasteiger partial charge on any atom is -0.335 e. The summed E-state index contributed by atoms with van der Waals surface area (Å²) in [5, 5.41) is 3.02. The van der Waals surface area contributed by atoms with E-state index in [9.17, 15) is 4.79 Å². The first-order valence-corrected chi connectivity index (χ1v) is 5.95. The third-order valence-corrected chi connectivity index (χ3v) is 3.47. The molecule has 0 bridgehead atoms. The number of nitrogens with zero attached hydrogens (tertiary/aromatic N) is 3. The van der Waals surface area contributed by atoms with Crippen molar-refractivity contribution in [3.63, 3.8) is 0 Å². The van der Waals surface area contributed by atoms with E-state index in [1.807, 2.05) is 11.8 Å². The van der Waals surface area contributed by atoms with Gasteiger partial charge in [-0.25, -0.2) is 4.79 Å². The molecule has 0 aromatic carbocycles. The number of hydrogen-bond donors (Lipinski definition) is 1. The Kier molecular flexibility index (Phi) is 2.69. The quantitative estimate of drug-likeness (QED) is 0.771. The van der Waals surface area contributed by atoms with Crippen LogP contribution in [0.4, 0.5) is 4.79 Å². The van der Waals surface area contributed by atoms with Gasteiger partial charge in [-0.15, -0.1) is 0 Å². The molecule has 0 aliphatic carbocycles. The summed E-state index contributed by atoms with van der Waals surface area (Å²) in [6, 6.07) is 0.0295. The number of nitrogens with one attached hydrogen (secondary N) is 1. The number of carbonyl (C=O) groups excluding carboxylic acids is 1. The number of carbonyl (C=O) groups is 1. The molecule has 2 heterocycles. The summed E-state index contributed by atoms with van der Waals surface area (Å²) in [5.41, 5.74) is 0. The Balaban J connectivity index is 2.31. The van der Waals surface area contributed by atoms with Crippen LogP contribution in [0.3, 0.4) is 0 Å². The molecular weight excluding hydrogens is 204 g/mol. The van der Waals surface area contributed by atoms with E-state index >= 15 is 0 Å². The summed E-state index contributed by atoms with van der Waals surface area (Å²) >= 11 is 0. The van der Waals surface area contributed by atoms with Crippen LogP contribution in [0, 0.1) is 0 Å². The van der Waals surface area contributed by atoms with Crippen molar-refractivity contribution in [3.8, 4) is 0 Å². The van der Waals surface area contributed by atoms with Gasteiger partial charge in [-0.3, -0.25) is 0 Å². The van der Waals surface area contributed by atoms with Gasteiger partial charge >= 0.3 is 6.03 Å². The molecule has 16 heavy (non-hydrogen) atoms. The van der Waals surface area contributed by atoms with Gasteiger partial charge in [-0.05, 0) is 20.8 Å². The summed E-state index contributed by atoms with van der Waals surface area (Å²) in [5.74, 6) is 1.01. The second-order valence-electron chi connectivity index (χ2n) is 4.08. The lowest BCUT2D eigenvalue weighted by atomic mass is 10.3. The molecule has 90 valence electrons. The Bertz CT molecular complexity index is 315. The molecule has 0 aromatic heterocycles. The zero-order chi connectivity index (χ0) is 11.9. The smallest absolute Gasteiger partial charge is 0.320 e. The van der Waals surface area contributed by atoms with Crippen molar-refractivity contribution in [2.24, 2.45) is 0 Å². The Morgan fingerprint density at radius 3 is 2.19 bits per heavy atom. The summed E-state index contributed by atoms with van der Waals surface area (Å²) in [6.45, 7) is 12.8. The molecule has 2 aliphatic rings. The second-order valence-corrected chi connectivity index (χ2v) is 4.08. The molecule has 1 N–H and O–H groups in total. The van der Waals surface area contributed by atoms with Crippen molar-refractivity contribution in [1.29, 1.82) is 0 Å². The maximum absolute atomic E-state index is 11.8. The molecule has 2 unspecified atom stereocenters. The number of likely N-dealkylation sites (N-methyl/N-ethyl adjacent to an activating group) is 3. The van der Waals surface area contributed by atoms with E-state index in [0.717, 1.165) is 25.5 Å². The number of fused-ring (bicyclic) bond motifs is 1. The summed E-state index contributed by atoms with van der Waals surface area (Å²) in [7, 11) is 0. The highest BCUT2D eigenvalue weighted by Crippen LogP contribution is 2.32. The molecule has 2 aliphatic heterocycles. The molecule has 0 aromatic rings. The molecule has 5 nitrogen and oxygen atoms in total. The number of amides is 2. The van der Waals surface area contributed by atoms with Crippen molar-refractivity contribution >= 4 is 6.03 Å². The molecule has 0 spiro atoms. The number of hydrogen-bond acceptors (Lipinski definition) is 3. The fourth-order valence-electron chi connectivity index (χ4n) is 2.71. The summed E-state index contributed by atoms with van der Waals surface area (Å²) < 4.78 is 0. The van der Waals surface area contributed by atoms with Crippen LogP contribution in [-0.2, 0) is 0 Å². The van der Waals surface area contributed by atoms with Crippen LogP contribution in [0.1, 0.15) is 20.8 Å². The molecule has 2 fully saturated rings. The predicted molar refractivity (Wildman–Crippen MR) is 62.4 cm³/mol. The van der Waals surface area contributed by atoms with Gasteiger partial charge in [0.15, 0.2) is 0 Å². The van der Waals surface area contributed by atoms with Crippen LogP contribution in [0.2, 0.25) is 0 Å². The maximum atomic E-state index is 11.8. The molecule has 2 atom stereocenters. The first-order chi connectivity index (χ1) is 7.65. The maximum Gasteiger partial charge on any atom is 0.320 e. The topological polar surface area (TPSA) is 38.8 Å². The lowest BCUT2D eigenvalue weighted by molar-refractivity contribution is 0.142. The van der Waals surface area contributed by atoms with E-state index in [1.54, 1.807) is 0 Å². The molecule has 2 amide bonds. The van der Waals surface area contributed by atoms with Gasteiger partial charge in [0.25, 0.3) is 0 Å². The number of urea groups is 1. The first-order valence-electron chi connectivity index (χ1n) is 5.95. The van der Waals surface area contributed by atoms with Crippen LogP contribution in [0.25, 0.3) is 0 Å². The lowest BCUT2D eigenvalue weighted by Gasteiger charge is -2.29. The largest absolute Gasteiger partial charge is 0.335 e. The summed E-state index contributed by atoms with van der Waals surface area (Å²) in [4.78, 5) is 18.0. The third kappa shape index (κ3) is 1.27. The van der Waals surface area contributed by atoms with E-state index in [2.05, 4.69) is 35.5 Å². The van der Waals surface area contributed by atoms with Gasteiger partial charge in [0, 0.05) is 19.6 Å². The lowest BCUT2D eigenvalue weighted by Crippen LogP contribution is -2.45. The van der Waals surface area contributed by atoms with Gasteiger partial charge in [-0.2, -0.15) is 0 Å². The van der Waals surface area contributed by atoms with Gasteiger partial charge in [0.2, 0.25) is 0 Å². The monoisotopic (exact) mass is 224 g/mol. The minimum atomic E-state index is 0.0295. The Labute approximate surface area is 96.7 Å². The van der Waals surface area contributed by atoms with Crippen molar-refractivity contribution < 1.29 is 4.79 Å². The van der Waals surface area contributed by atoms with Crippen LogP contribution in [0.15, 0.2) is 12.4 Å². The van der Waals surface area contributed by atoms with Crippen molar-refractivity contribution in [2.45, 2.75) is 33.1 Å². The van der Waals surface area contributed by atoms with Gasteiger partial charge in [0.1, 0.15) is 12.3 Å². The Hall–Kier alpha value is -1.39. The van der Waals surface area contributed by atoms with Gasteiger partial charge < -0.3 is 20.0 Å². The minimum absolute atomic E-state index is 0.0295. The molecule has 0 radical (unpaired) electrons. The highest BCUT2D eigenvalue weighted by molar-refractivity contribution is 5.77. The van der Waals surface area contributed by atoms with E-state index in [-0.39, 0.29) is 18.4 Å². The molecule has 2 saturated heterocycles. The summed E-state index contributed by atoms with van der Waals surface area (Å²) in [6.07, 6.45) is 0.167. The Morgan fingerprint density at radius 2 is 1.69 bits per heavy atom. The highest BCUT2D eigenvalue weighted by atomic mass is 16.2. The third-order valence-electron chi connectivity index (χ3n) is 3.47. The van der Waals surface area contributed by atoms with E-state index < -0.39 is 0 Å². The van der Waals surface area contributed by atoms with Gasteiger partial charge in [0.05, 0.1) is 5.82 Å². The second kappa shape index (κ2) is 3.88. The van der Waals surface area contributed by atoms with Crippen LogP contribution >= 0.6 is 0 Å². The van der Waals surface area contributed by atoms with E-state index in [1.165, 1.54) is 0 Å². The SMILES string of the molecule is C=C1N(CC)C2NC(=O)N(CC)C2N1CC. The van der Waals surface area contributed by atoms with Crippen molar-refractivity contribution in [1.82, 2.24) is 20.0 Å². The highest BCUT2D eigenvalue weighted by Gasteiger charge is 2.50. The van der Waals surface area contributed by atoms with Crippen molar-refractivity contribution in [3.05, 3.63) is 12.4 Å². The fraction of sp³-hybridized carbons (Fsp3) is 0.727. The molecule has 5 heteroatoms. The average molecular weight is 224 g/mol. The Morgan fingerprint density at radius 1 is 1.12 bits per heavy atom. The zero-order valence-electron chi connectivity index (χ0n) is 10.2. The van der Waals surface area contributed by atoms with Crippen LogP contribution in [0.5, 0.6) is 0 Å². The van der Waals surface area contributed by atoms with Crippen molar-refractivity contribution in [2.75, 3.05) is 19.6 Å². The molecular formula is C11H20N4O. The fourth-order valence-corrected chi connectivity index (χ4v) is 2.71. The normalized spacial score (nSPS) is 28.8. The first kappa shape index (κ1) is 11.1. The molecule has 2 rings (SSSR count). The van der Waals surface area contributed by atoms with E-state index in [0.29, 0.717) is 0 Å². The zero-order valence-corrected chi connectivity index (χ0v) is 10.2.